The Hall–Kier alpha value is -3.12. The highest BCUT2D eigenvalue weighted by Gasteiger charge is 2.33. The van der Waals surface area contributed by atoms with Crippen LogP contribution in [0.2, 0.25) is 0 Å². The number of hydrogen-bond donors (Lipinski definition) is 1. The molecule has 0 radical (unpaired) electrons. The van der Waals surface area contributed by atoms with Crippen LogP contribution < -0.4 is 4.74 Å². The highest BCUT2D eigenvalue weighted by atomic mass is 16.5. The maximum absolute atomic E-state index is 11.1. The number of hydrogen-bond acceptors (Lipinski definition) is 4. The van der Waals surface area contributed by atoms with E-state index in [9.17, 15) is 4.79 Å². The number of benzene rings is 2. The van der Waals surface area contributed by atoms with Crippen molar-refractivity contribution in [2.45, 2.75) is 26.5 Å². The van der Waals surface area contributed by atoms with Crippen LogP contribution in [0, 0.1) is 5.92 Å². The lowest BCUT2D eigenvalue weighted by Gasteiger charge is -2.36. The normalized spacial score (nSPS) is 14.7. The molecule has 6 nitrogen and oxygen atoms in total. The van der Waals surface area contributed by atoms with Crippen molar-refractivity contribution in [1.82, 2.24) is 14.7 Å². The van der Waals surface area contributed by atoms with Gasteiger partial charge in [0, 0.05) is 37.0 Å². The van der Waals surface area contributed by atoms with Crippen molar-refractivity contribution in [3.05, 3.63) is 66.4 Å². The first kappa shape index (κ1) is 19.2. The first-order valence-corrected chi connectivity index (χ1v) is 9.86. The molecule has 1 aliphatic heterocycles. The molecular weight excluding hydrogens is 366 g/mol. The van der Waals surface area contributed by atoms with Gasteiger partial charge in [-0.25, -0.2) is 4.68 Å². The Balaban J connectivity index is 1.62. The molecule has 3 aromatic rings. The largest absolute Gasteiger partial charge is 0.491 e. The second-order valence-electron chi connectivity index (χ2n) is 7.70. The van der Waals surface area contributed by atoms with E-state index in [1.165, 1.54) is 0 Å². The number of likely N-dealkylation sites (tertiary alicyclic amines) is 1. The number of nitrogens with zero attached hydrogens (tertiary/aromatic N) is 3. The number of ether oxygens (including phenoxy) is 1. The monoisotopic (exact) mass is 391 g/mol. The van der Waals surface area contributed by atoms with Crippen LogP contribution in [-0.4, -0.2) is 44.9 Å². The third-order valence-electron chi connectivity index (χ3n) is 5.01. The van der Waals surface area contributed by atoms with Crippen LogP contribution in [0.25, 0.3) is 16.9 Å². The highest BCUT2D eigenvalue weighted by Crippen LogP contribution is 2.29. The van der Waals surface area contributed by atoms with Crippen molar-refractivity contribution in [3.63, 3.8) is 0 Å². The highest BCUT2D eigenvalue weighted by molar-refractivity contribution is 5.71. The van der Waals surface area contributed by atoms with E-state index in [4.69, 9.17) is 14.9 Å². The Morgan fingerprint density at radius 3 is 2.45 bits per heavy atom. The summed E-state index contributed by atoms with van der Waals surface area (Å²) < 4.78 is 7.63. The molecule has 1 saturated heterocycles. The zero-order valence-corrected chi connectivity index (χ0v) is 16.7. The fourth-order valence-corrected chi connectivity index (χ4v) is 3.54. The maximum atomic E-state index is 11.1. The summed E-state index contributed by atoms with van der Waals surface area (Å²) >= 11 is 0. The van der Waals surface area contributed by atoms with E-state index in [1.54, 1.807) is 0 Å². The number of rotatable bonds is 7. The number of aromatic nitrogens is 2. The lowest BCUT2D eigenvalue weighted by atomic mass is 9.99. The molecule has 1 aromatic heterocycles. The smallest absolute Gasteiger partial charge is 0.309 e. The van der Waals surface area contributed by atoms with Crippen molar-refractivity contribution >= 4 is 5.97 Å². The van der Waals surface area contributed by atoms with Gasteiger partial charge in [0.15, 0.2) is 0 Å². The maximum Gasteiger partial charge on any atom is 0.309 e. The van der Waals surface area contributed by atoms with Crippen LogP contribution in [0.5, 0.6) is 5.75 Å². The van der Waals surface area contributed by atoms with Gasteiger partial charge in [0.05, 0.1) is 23.4 Å². The molecule has 1 fully saturated rings. The minimum absolute atomic E-state index is 0.127. The first-order chi connectivity index (χ1) is 14.0. The topological polar surface area (TPSA) is 67.6 Å². The Morgan fingerprint density at radius 2 is 1.83 bits per heavy atom. The summed E-state index contributed by atoms with van der Waals surface area (Å²) in [4.78, 5) is 13.3. The molecule has 0 aliphatic carbocycles. The molecule has 0 amide bonds. The Bertz CT molecular complexity index is 974. The van der Waals surface area contributed by atoms with E-state index < -0.39 is 5.97 Å². The third kappa shape index (κ3) is 4.32. The van der Waals surface area contributed by atoms with Crippen molar-refractivity contribution < 1.29 is 14.6 Å². The minimum atomic E-state index is -0.720. The van der Waals surface area contributed by atoms with Crippen LogP contribution in [0.1, 0.15) is 19.4 Å². The van der Waals surface area contributed by atoms with Crippen LogP contribution in [0.3, 0.4) is 0 Å². The molecule has 1 aliphatic rings. The molecular formula is C23H25N3O3. The van der Waals surface area contributed by atoms with Crippen LogP contribution in [-0.2, 0) is 11.3 Å². The average Bonchev–Trinajstić information content (AvgIpc) is 3.09. The molecule has 1 N–H and O–H groups in total. The number of carboxylic acids is 1. The average molecular weight is 391 g/mol. The van der Waals surface area contributed by atoms with Crippen molar-refractivity contribution in [2.24, 2.45) is 5.92 Å². The Kier molecular flexibility index (Phi) is 5.36. The second kappa shape index (κ2) is 8.09. The quantitative estimate of drug-likeness (QED) is 0.663. The molecule has 4 rings (SSSR count). The molecule has 29 heavy (non-hydrogen) atoms. The molecule has 2 aromatic carbocycles. The van der Waals surface area contributed by atoms with Gasteiger partial charge in [-0.3, -0.25) is 9.69 Å². The summed E-state index contributed by atoms with van der Waals surface area (Å²) in [6, 6.07) is 18.0. The molecule has 150 valence electrons. The summed E-state index contributed by atoms with van der Waals surface area (Å²) in [6.45, 7) is 5.84. The first-order valence-electron chi connectivity index (χ1n) is 9.86. The van der Waals surface area contributed by atoms with Crippen molar-refractivity contribution in [1.29, 1.82) is 0 Å². The van der Waals surface area contributed by atoms with Crippen LogP contribution in [0.4, 0.5) is 0 Å². The van der Waals surface area contributed by atoms with Gasteiger partial charge in [0.1, 0.15) is 5.75 Å². The third-order valence-corrected chi connectivity index (χ3v) is 5.01. The van der Waals surface area contributed by atoms with Gasteiger partial charge in [0.25, 0.3) is 0 Å². The molecule has 0 bridgehead atoms. The van der Waals surface area contributed by atoms with Gasteiger partial charge in [-0.2, -0.15) is 5.10 Å². The summed E-state index contributed by atoms with van der Waals surface area (Å²) in [6.07, 6.45) is 2.17. The molecule has 0 unspecified atom stereocenters. The predicted molar refractivity (Wildman–Crippen MR) is 111 cm³/mol. The van der Waals surface area contributed by atoms with Gasteiger partial charge in [-0.15, -0.1) is 0 Å². The fourth-order valence-electron chi connectivity index (χ4n) is 3.54. The fraction of sp³-hybridized carbons (Fsp3) is 0.304. The van der Waals surface area contributed by atoms with E-state index in [0.29, 0.717) is 19.6 Å². The Morgan fingerprint density at radius 1 is 1.14 bits per heavy atom. The second-order valence-corrected chi connectivity index (χ2v) is 7.70. The van der Waals surface area contributed by atoms with E-state index >= 15 is 0 Å². The molecule has 0 saturated carbocycles. The Labute approximate surface area is 170 Å². The standard InChI is InChI=1S/C23H25N3O3/c1-16(2)29-21-10-8-17(9-11-21)22-18(12-25-13-19(14-25)23(27)28)15-26(24-22)20-6-4-3-5-7-20/h3-11,15-16,19H,12-14H2,1-2H3,(H,27,28). The number of carboxylic acid groups (broad SMARTS) is 1. The summed E-state index contributed by atoms with van der Waals surface area (Å²) in [5.41, 5.74) is 3.99. The van der Waals surface area contributed by atoms with Gasteiger partial charge < -0.3 is 9.84 Å². The van der Waals surface area contributed by atoms with Gasteiger partial charge in [-0.1, -0.05) is 18.2 Å². The van der Waals surface area contributed by atoms with Gasteiger partial charge >= 0.3 is 5.97 Å². The zero-order chi connectivity index (χ0) is 20.4. The van der Waals surface area contributed by atoms with E-state index in [0.717, 1.165) is 28.3 Å². The minimum Gasteiger partial charge on any atom is -0.491 e. The summed E-state index contributed by atoms with van der Waals surface area (Å²) in [7, 11) is 0. The number of carbonyl (C=O) groups is 1. The van der Waals surface area contributed by atoms with E-state index in [-0.39, 0.29) is 12.0 Å². The van der Waals surface area contributed by atoms with Gasteiger partial charge in [-0.05, 0) is 50.2 Å². The van der Waals surface area contributed by atoms with E-state index in [1.807, 2.05) is 79.3 Å². The van der Waals surface area contributed by atoms with E-state index in [2.05, 4.69) is 4.90 Å². The van der Waals surface area contributed by atoms with Crippen LogP contribution in [0.15, 0.2) is 60.8 Å². The predicted octanol–water partition coefficient (Wildman–Crippen LogP) is 3.84. The molecule has 6 heteroatoms. The summed E-state index contributed by atoms with van der Waals surface area (Å²) in [5, 5.41) is 14.0. The van der Waals surface area contributed by atoms with Crippen molar-refractivity contribution in [2.75, 3.05) is 13.1 Å². The van der Waals surface area contributed by atoms with Crippen LogP contribution >= 0.6 is 0 Å². The number of aliphatic carboxylic acids is 1. The molecule has 0 atom stereocenters. The summed E-state index contributed by atoms with van der Waals surface area (Å²) in [5.74, 6) is -0.155. The molecule has 2 heterocycles. The molecule has 0 spiro atoms. The lowest BCUT2D eigenvalue weighted by molar-refractivity contribution is -0.147. The van der Waals surface area contributed by atoms with Gasteiger partial charge in [0.2, 0.25) is 0 Å². The lowest BCUT2D eigenvalue weighted by Crippen LogP contribution is -2.49. The zero-order valence-electron chi connectivity index (χ0n) is 16.7. The SMILES string of the molecule is CC(C)Oc1ccc(-c2nn(-c3ccccc3)cc2CN2CC(C(=O)O)C2)cc1. The van der Waals surface area contributed by atoms with Crippen molar-refractivity contribution in [3.8, 4) is 22.7 Å². The number of para-hydroxylation sites is 1.